The van der Waals surface area contributed by atoms with Crippen molar-refractivity contribution in [3.05, 3.63) is 0 Å². The summed E-state index contributed by atoms with van der Waals surface area (Å²) in [5, 5.41) is 30.6. The highest BCUT2D eigenvalue weighted by Crippen LogP contribution is 2.67. The fourth-order valence-electron chi connectivity index (χ4n) is 6.92. The molecular weight excluding hydrogens is 360 g/mol. The number of hydrogen-bond donors (Lipinski definition) is 3. The van der Waals surface area contributed by atoms with Crippen LogP contribution in [0.2, 0.25) is 0 Å². The molecule has 2 saturated carbocycles. The largest absolute Gasteiger partial charge is 0.463 e. The van der Waals surface area contributed by atoms with Crippen molar-refractivity contribution >= 4 is 5.97 Å². The average Bonchev–Trinajstić information content (AvgIpc) is 3.04. The average molecular weight is 399 g/mol. The molecule has 1 heterocycles. The Balaban J connectivity index is 1.98. The summed E-state index contributed by atoms with van der Waals surface area (Å²) in [6, 6.07) is 0. The molecule has 0 radical (unpaired) electrons. The molecule has 0 bridgehead atoms. The predicted octanol–water partition coefficient (Wildman–Crippen LogP) is 2.43. The second kappa shape index (κ2) is 7.53. The van der Waals surface area contributed by atoms with Crippen molar-refractivity contribution in [1.82, 2.24) is 0 Å². The van der Waals surface area contributed by atoms with Gasteiger partial charge in [0.2, 0.25) is 0 Å². The van der Waals surface area contributed by atoms with E-state index in [-0.39, 0.29) is 37.1 Å². The Bertz CT molecular complexity index is 596. The second-order valence-electron chi connectivity index (χ2n) is 10.1. The lowest BCUT2D eigenvalue weighted by atomic mass is 9.43. The fraction of sp³-hybridized carbons (Fsp3) is 0.955. The summed E-state index contributed by atoms with van der Waals surface area (Å²) in [6.45, 7) is 8.04. The van der Waals surface area contributed by atoms with Gasteiger partial charge in [-0.15, -0.1) is 0 Å². The van der Waals surface area contributed by atoms with Crippen LogP contribution in [0.4, 0.5) is 0 Å². The molecule has 0 aromatic rings. The van der Waals surface area contributed by atoms with Gasteiger partial charge in [0.25, 0.3) is 0 Å². The highest BCUT2D eigenvalue weighted by atomic mass is 16.6. The topological polar surface area (TPSA) is 96.2 Å². The first-order chi connectivity index (χ1) is 13.1. The first-order valence-electron chi connectivity index (χ1n) is 10.8. The number of esters is 1. The number of fused-ring (bicyclic) bond motifs is 2. The molecule has 2 aliphatic carbocycles. The Kier molecular flexibility index (Phi) is 5.92. The molecular formula is C22H38O6. The van der Waals surface area contributed by atoms with E-state index in [1.165, 1.54) is 6.92 Å². The zero-order valence-electron chi connectivity index (χ0n) is 17.9. The molecule has 0 amide bonds. The lowest BCUT2D eigenvalue weighted by Crippen LogP contribution is -2.66. The Morgan fingerprint density at radius 1 is 1.14 bits per heavy atom. The Morgan fingerprint density at radius 3 is 2.46 bits per heavy atom. The first-order valence-corrected chi connectivity index (χ1v) is 10.8. The van der Waals surface area contributed by atoms with Crippen LogP contribution >= 0.6 is 0 Å². The summed E-state index contributed by atoms with van der Waals surface area (Å²) in [7, 11) is 0. The molecule has 1 aliphatic heterocycles. The highest BCUT2D eigenvalue weighted by Gasteiger charge is 2.68. The van der Waals surface area contributed by atoms with E-state index in [4.69, 9.17) is 9.47 Å². The maximum atomic E-state index is 11.4. The van der Waals surface area contributed by atoms with Crippen LogP contribution < -0.4 is 0 Å². The standard InChI is InChI=1S/C22H38O6/c1-15-5-6-17-19(3,13-24)18(26)7-8-20(17,4)22(15)10-9-21(28-22,11-12-23)14-27-16(2)25/h15,17-18,23-24,26H,5-14H2,1-4H3/t15-,17+,18+,19+,20+,21+,22-/m1/s1. The number of hydrogen-bond acceptors (Lipinski definition) is 6. The van der Waals surface area contributed by atoms with Crippen molar-refractivity contribution in [2.75, 3.05) is 19.8 Å². The molecule has 1 saturated heterocycles. The number of ether oxygens (including phenoxy) is 2. The number of carbonyl (C=O) groups excluding carboxylic acids is 1. The third kappa shape index (κ3) is 3.11. The Labute approximate surface area is 168 Å². The van der Waals surface area contributed by atoms with Crippen LogP contribution in [0.25, 0.3) is 0 Å². The van der Waals surface area contributed by atoms with Gasteiger partial charge in [-0.1, -0.05) is 20.8 Å². The normalized spacial score (nSPS) is 48.5. The predicted molar refractivity (Wildman–Crippen MR) is 105 cm³/mol. The molecule has 0 unspecified atom stereocenters. The molecule has 3 aliphatic rings. The summed E-state index contributed by atoms with van der Waals surface area (Å²) < 4.78 is 12.3. The van der Waals surface area contributed by atoms with Crippen LogP contribution in [-0.2, 0) is 14.3 Å². The molecule has 1 spiro atoms. The zero-order valence-corrected chi connectivity index (χ0v) is 17.9. The van der Waals surface area contributed by atoms with Crippen molar-refractivity contribution in [2.24, 2.45) is 22.7 Å². The zero-order chi connectivity index (χ0) is 20.8. The molecule has 3 rings (SSSR count). The summed E-state index contributed by atoms with van der Waals surface area (Å²) in [5.74, 6) is 0.143. The van der Waals surface area contributed by atoms with Crippen molar-refractivity contribution in [1.29, 1.82) is 0 Å². The van der Waals surface area contributed by atoms with E-state index < -0.39 is 22.7 Å². The molecule has 6 nitrogen and oxygen atoms in total. The van der Waals surface area contributed by atoms with Crippen LogP contribution in [0.3, 0.4) is 0 Å². The molecule has 7 atom stereocenters. The summed E-state index contributed by atoms with van der Waals surface area (Å²) >= 11 is 0. The first kappa shape index (κ1) is 22.0. The molecule has 0 aromatic heterocycles. The van der Waals surface area contributed by atoms with Gasteiger partial charge in [0.15, 0.2) is 0 Å². The van der Waals surface area contributed by atoms with E-state index in [1.54, 1.807) is 0 Å². The quantitative estimate of drug-likeness (QED) is 0.616. The van der Waals surface area contributed by atoms with Crippen molar-refractivity contribution in [3.8, 4) is 0 Å². The number of rotatable bonds is 5. The van der Waals surface area contributed by atoms with Gasteiger partial charge in [-0.25, -0.2) is 0 Å². The van der Waals surface area contributed by atoms with Crippen molar-refractivity contribution < 1.29 is 29.6 Å². The molecule has 28 heavy (non-hydrogen) atoms. The van der Waals surface area contributed by atoms with Gasteiger partial charge >= 0.3 is 5.97 Å². The van der Waals surface area contributed by atoms with Gasteiger partial charge in [-0.3, -0.25) is 4.79 Å². The van der Waals surface area contributed by atoms with Crippen LogP contribution in [0.15, 0.2) is 0 Å². The Morgan fingerprint density at radius 2 is 1.86 bits per heavy atom. The minimum Gasteiger partial charge on any atom is -0.463 e. The third-order valence-electron chi connectivity index (χ3n) is 8.71. The minimum absolute atomic E-state index is 0.0149. The van der Waals surface area contributed by atoms with Gasteiger partial charge in [0.1, 0.15) is 12.2 Å². The van der Waals surface area contributed by atoms with Gasteiger partial charge in [0, 0.05) is 30.8 Å². The lowest BCUT2D eigenvalue weighted by molar-refractivity contribution is -0.273. The smallest absolute Gasteiger partial charge is 0.302 e. The molecule has 0 aromatic carbocycles. The van der Waals surface area contributed by atoms with Crippen LogP contribution in [0.5, 0.6) is 0 Å². The van der Waals surface area contributed by atoms with Crippen LogP contribution in [0, 0.1) is 22.7 Å². The molecule has 6 heteroatoms. The number of aliphatic hydroxyl groups excluding tert-OH is 3. The van der Waals surface area contributed by atoms with E-state index in [9.17, 15) is 20.1 Å². The second-order valence-corrected chi connectivity index (χ2v) is 10.1. The van der Waals surface area contributed by atoms with E-state index in [0.29, 0.717) is 18.8 Å². The minimum atomic E-state index is -0.661. The monoisotopic (exact) mass is 398 g/mol. The summed E-state index contributed by atoms with van der Waals surface area (Å²) in [4.78, 5) is 11.4. The maximum Gasteiger partial charge on any atom is 0.302 e. The van der Waals surface area contributed by atoms with Crippen molar-refractivity contribution in [2.45, 2.75) is 89.9 Å². The van der Waals surface area contributed by atoms with Gasteiger partial charge < -0.3 is 24.8 Å². The highest BCUT2D eigenvalue weighted by molar-refractivity contribution is 5.65. The van der Waals surface area contributed by atoms with E-state index in [2.05, 4.69) is 13.8 Å². The van der Waals surface area contributed by atoms with E-state index >= 15 is 0 Å². The lowest BCUT2D eigenvalue weighted by Gasteiger charge is -2.65. The van der Waals surface area contributed by atoms with Gasteiger partial charge in [-0.05, 0) is 50.4 Å². The van der Waals surface area contributed by atoms with Crippen molar-refractivity contribution in [3.63, 3.8) is 0 Å². The van der Waals surface area contributed by atoms with Crippen LogP contribution in [0.1, 0.15) is 72.6 Å². The molecule has 3 fully saturated rings. The molecule has 3 N–H and O–H groups in total. The van der Waals surface area contributed by atoms with Crippen LogP contribution in [-0.4, -0.2) is 58.4 Å². The number of aliphatic hydroxyl groups is 3. The third-order valence-corrected chi connectivity index (χ3v) is 8.71. The molecule has 162 valence electrons. The fourth-order valence-corrected chi connectivity index (χ4v) is 6.92. The van der Waals surface area contributed by atoms with Gasteiger partial charge in [0.05, 0.1) is 18.3 Å². The van der Waals surface area contributed by atoms with Gasteiger partial charge in [-0.2, -0.15) is 0 Å². The number of carbonyl (C=O) groups is 1. The summed E-state index contributed by atoms with van der Waals surface area (Å²) in [5.41, 5.74) is -1.79. The summed E-state index contributed by atoms with van der Waals surface area (Å²) in [6.07, 6.45) is 4.96. The van der Waals surface area contributed by atoms with E-state index in [0.717, 1.165) is 32.1 Å². The Hall–Kier alpha value is -0.690. The maximum absolute atomic E-state index is 11.4. The van der Waals surface area contributed by atoms with E-state index in [1.807, 2.05) is 6.92 Å². The SMILES string of the molecule is CC(=O)OC[C@@]1(CCO)CC[C@@]2(O1)[C@H](C)CC[C@H]1[C@](C)(CO)[C@@H](O)CC[C@@]12C.